The molecule has 7 heteroatoms. The fourth-order valence-electron chi connectivity index (χ4n) is 1.22. The lowest BCUT2D eigenvalue weighted by molar-refractivity contribution is 0.254. The van der Waals surface area contributed by atoms with E-state index in [9.17, 15) is 8.42 Å². The normalized spacial score (nSPS) is 13.6. The lowest BCUT2D eigenvalue weighted by Gasteiger charge is -2.14. The molecule has 1 aromatic carbocycles. The predicted molar refractivity (Wildman–Crippen MR) is 67.9 cm³/mol. The average Bonchev–Trinajstić information content (AvgIpc) is 2.24. The Morgan fingerprint density at radius 1 is 1.29 bits per heavy atom. The minimum Gasteiger partial charge on any atom is -0.395 e. The molecule has 0 spiro atoms. The third-order valence-corrected chi connectivity index (χ3v) is 4.12. The van der Waals surface area contributed by atoms with Gasteiger partial charge in [-0.25, -0.2) is 13.1 Å². The van der Waals surface area contributed by atoms with Crippen molar-refractivity contribution in [2.45, 2.75) is 24.3 Å². The second-order valence-corrected chi connectivity index (χ2v) is 6.10. The zero-order valence-corrected chi connectivity index (χ0v) is 11.5. The van der Waals surface area contributed by atoms with Crippen LogP contribution < -0.4 is 4.72 Å². The van der Waals surface area contributed by atoms with Crippen molar-refractivity contribution >= 4 is 33.2 Å². The number of rotatable bonds is 5. The van der Waals surface area contributed by atoms with E-state index in [-0.39, 0.29) is 21.5 Å². The Bertz CT molecular complexity index is 466. The fraction of sp³-hybridized carbons (Fsp3) is 0.400. The van der Waals surface area contributed by atoms with Gasteiger partial charge < -0.3 is 5.11 Å². The summed E-state index contributed by atoms with van der Waals surface area (Å²) in [5, 5.41) is 9.46. The maximum Gasteiger partial charge on any atom is 0.241 e. The van der Waals surface area contributed by atoms with E-state index in [0.29, 0.717) is 6.42 Å². The van der Waals surface area contributed by atoms with Gasteiger partial charge in [0.25, 0.3) is 0 Å². The van der Waals surface area contributed by atoms with E-state index in [4.69, 9.17) is 28.3 Å². The van der Waals surface area contributed by atoms with Gasteiger partial charge in [0.2, 0.25) is 10.0 Å². The molecule has 0 aliphatic carbocycles. The molecule has 0 bridgehead atoms. The molecule has 1 aromatic rings. The molecule has 1 rings (SSSR count). The van der Waals surface area contributed by atoms with Gasteiger partial charge in [0, 0.05) is 16.1 Å². The van der Waals surface area contributed by atoms with E-state index in [2.05, 4.69) is 4.72 Å². The topological polar surface area (TPSA) is 66.4 Å². The van der Waals surface area contributed by atoms with Crippen LogP contribution in [0.3, 0.4) is 0 Å². The van der Waals surface area contributed by atoms with Gasteiger partial charge in [0.05, 0.1) is 11.5 Å². The summed E-state index contributed by atoms with van der Waals surface area (Å²) in [6.45, 7) is 1.51. The Morgan fingerprint density at radius 2 is 1.82 bits per heavy atom. The molecule has 1 atom stereocenters. The molecule has 0 aliphatic heterocycles. The van der Waals surface area contributed by atoms with Crippen LogP contribution in [0.1, 0.15) is 13.3 Å². The highest BCUT2D eigenvalue weighted by Gasteiger charge is 2.19. The van der Waals surface area contributed by atoms with Crippen molar-refractivity contribution in [3.63, 3.8) is 0 Å². The van der Waals surface area contributed by atoms with Crippen LogP contribution in [0.2, 0.25) is 10.0 Å². The maximum atomic E-state index is 11.9. The van der Waals surface area contributed by atoms with Gasteiger partial charge in [-0.1, -0.05) is 30.1 Å². The van der Waals surface area contributed by atoms with Crippen molar-refractivity contribution in [1.29, 1.82) is 0 Å². The Labute approximate surface area is 111 Å². The van der Waals surface area contributed by atoms with Gasteiger partial charge in [0.15, 0.2) is 0 Å². The number of nitrogens with one attached hydrogen (secondary N) is 1. The summed E-state index contributed by atoms with van der Waals surface area (Å²) < 4.78 is 26.2. The van der Waals surface area contributed by atoms with E-state index < -0.39 is 16.1 Å². The first-order valence-electron chi connectivity index (χ1n) is 4.98. The summed E-state index contributed by atoms with van der Waals surface area (Å²) in [6, 6.07) is 3.54. The first-order chi connectivity index (χ1) is 7.89. The van der Waals surface area contributed by atoms with Gasteiger partial charge >= 0.3 is 0 Å². The van der Waals surface area contributed by atoms with Crippen LogP contribution in [0.25, 0.3) is 0 Å². The number of aliphatic hydroxyl groups excluding tert-OH is 1. The van der Waals surface area contributed by atoms with Crippen LogP contribution >= 0.6 is 23.2 Å². The maximum absolute atomic E-state index is 11.9. The number of aliphatic hydroxyl groups is 1. The van der Waals surface area contributed by atoms with E-state index in [1.807, 2.05) is 0 Å². The monoisotopic (exact) mass is 297 g/mol. The van der Waals surface area contributed by atoms with Crippen LogP contribution in [0.4, 0.5) is 0 Å². The van der Waals surface area contributed by atoms with Crippen LogP contribution in [0.15, 0.2) is 23.1 Å². The van der Waals surface area contributed by atoms with Crippen LogP contribution in [0, 0.1) is 0 Å². The zero-order valence-electron chi connectivity index (χ0n) is 9.15. The molecule has 0 fully saturated rings. The van der Waals surface area contributed by atoms with Crippen molar-refractivity contribution in [1.82, 2.24) is 4.72 Å². The molecule has 96 valence electrons. The first kappa shape index (κ1) is 14.7. The van der Waals surface area contributed by atoms with Gasteiger partial charge in [0.1, 0.15) is 0 Å². The van der Waals surface area contributed by atoms with Crippen molar-refractivity contribution in [2.24, 2.45) is 0 Å². The highest BCUT2D eigenvalue weighted by atomic mass is 35.5. The summed E-state index contributed by atoms with van der Waals surface area (Å²) in [6.07, 6.45) is 0.490. The molecule has 0 amide bonds. The van der Waals surface area contributed by atoms with Crippen molar-refractivity contribution in [2.75, 3.05) is 6.61 Å². The lowest BCUT2D eigenvalue weighted by Crippen LogP contribution is -2.36. The molecule has 0 aromatic heterocycles. The van der Waals surface area contributed by atoms with Gasteiger partial charge in [-0.15, -0.1) is 0 Å². The molecule has 0 heterocycles. The number of sulfonamides is 1. The third-order valence-electron chi connectivity index (χ3n) is 2.18. The minimum atomic E-state index is -3.71. The molecule has 0 radical (unpaired) electrons. The molecule has 17 heavy (non-hydrogen) atoms. The number of hydrogen-bond donors (Lipinski definition) is 2. The Hall–Kier alpha value is -0.330. The number of hydrogen-bond acceptors (Lipinski definition) is 3. The Morgan fingerprint density at radius 3 is 2.24 bits per heavy atom. The molecule has 0 saturated heterocycles. The summed E-state index contributed by atoms with van der Waals surface area (Å²) in [7, 11) is -3.71. The summed E-state index contributed by atoms with van der Waals surface area (Å²) >= 11 is 11.5. The predicted octanol–water partition coefficient (Wildman–Crippen LogP) is 2.04. The molecular weight excluding hydrogens is 285 g/mol. The van der Waals surface area contributed by atoms with E-state index in [0.717, 1.165) is 0 Å². The van der Waals surface area contributed by atoms with Gasteiger partial charge in [-0.2, -0.15) is 0 Å². The standard InChI is InChI=1S/C10H13Cl2NO3S/c1-2-9(6-14)13-17(15,16)10-4-7(11)3-8(12)5-10/h3-5,9,13-14H,2,6H2,1H3/t9-/m1/s1. The zero-order chi connectivity index (χ0) is 13.1. The summed E-state index contributed by atoms with van der Waals surface area (Å²) in [4.78, 5) is -0.0121. The molecule has 0 aliphatic rings. The Kier molecular flexibility index (Phi) is 5.22. The second-order valence-electron chi connectivity index (χ2n) is 3.51. The lowest BCUT2D eigenvalue weighted by atomic mass is 10.3. The molecule has 0 saturated carbocycles. The fourth-order valence-corrected chi connectivity index (χ4v) is 3.26. The van der Waals surface area contributed by atoms with E-state index in [1.165, 1.54) is 18.2 Å². The third kappa shape index (κ3) is 4.12. The highest BCUT2D eigenvalue weighted by molar-refractivity contribution is 7.89. The summed E-state index contributed by atoms with van der Waals surface area (Å²) in [5.41, 5.74) is 0. The first-order valence-corrected chi connectivity index (χ1v) is 7.22. The Balaban J connectivity index is 3.04. The van der Waals surface area contributed by atoms with Gasteiger partial charge in [-0.05, 0) is 24.6 Å². The van der Waals surface area contributed by atoms with Crippen molar-refractivity contribution < 1.29 is 13.5 Å². The quantitative estimate of drug-likeness (QED) is 0.874. The summed E-state index contributed by atoms with van der Waals surface area (Å²) in [5.74, 6) is 0. The van der Waals surface area contributed by atoms with Gasteiger partial charge in [-0.3, -0.25) is 0 Å². The van der Waals surface area contributed by atoms with Crippen molar-refractivity contribution in [3.05, 3.63) is 28.2 Å². The SMILES string of the molecule is CC[C@H](CO)NS(=O)(=O)c1cc(Cl)cc(Cl)c1. The van der Waals surface area contributed by atoms with E-state index >= 15 is 0 Å². The smallest absolute Gasteiger partial charge is 0.241 e. The molecular formula is C10H13Cl2NO3S. The van der Waals surface area contributed by atoms with Crippen LogP contribution in [-0.4, -0.2) is 26.2 Å². The molecule has 4 nitrogen and oxygen atoms in total. The molecule has 2 N–H and O–H groups in total. The minimum absolute atomic E-state index is 0.0121. The van der Waals surface area contributed by atoms with Crippen molar-refractivity contribution in [3.8, 4) is 0 Å². The largest absolute Gasteiger partial charge is 0.395 e. The average molecular weight is 298 g/mol. The van der Waals surface area contributed by atoms with Crippen LogP contribution in [-0.2, 0) is 10.0 Å². The highest BCUT2D eigenvalue weighted by Crippen LogP contribution is 2.22. The number of halogens is 2. The second kappa shape index (κ2) is 6.02. The molecule has 0 unspecified atom stereocenters. The van der Waals surface area contributed by atoms with E-state index in [1.54, 1.807) is 6.92 Å². The van der Waals surface area contributed by atoms with Crippen LogP contribution in [0.5, 0.6) is 0 Å². The number of benzene rings is 1.